The predicted molar refractivity (Wildman–Crippen MR) is 157 cm³/mol. The number of hydrogen-bond donors (Lipinski definition) is 4. The summed E-state index contributed by atoms with van der Waals surface area (Å²) < 4.78 is 26.2. The van der Waals surface area contributed by atoms with E-state index >= 15 is 0 Å². The van der Waals surface area contributed by atoms with Crippen molar-refractivity contribution >= 4 is 23.5 Å². The molecule has 10 heteroatoms. The summed E-state index contributed by atoms with van der Waals surface area (Å²) in [5.41, 5.74) is 12.7. The third-order valence-electron chi connectivity index (χ3n) is 6.61. The molecule has 0 aliphatic carbocycles. The summed E-state index contributed by atoms with van der Waals surface area (Å²) in [5, 5.41) is 18.5. The lowest BCUT2D eigenvalue weighted by atomic mass is 9.90. The molecule has 0 fully saturated rings. The minimum Gasteiger partial charge on any atom is -0.481 e. The van der Waals surface area contributed by atoms with E-state index in [1.165, 1.54) is 36.4 Å². The molecule has 8 nitrogen and oxygen atoms in total. The van der Waals surface area contributed by atoms with Gasteiger partial charge in [0.1, 0.15) is 23.2 Å². The van der Waals surface area contributed by atoms with Crippen molar-refractivity contribution in [3.8, 4) is 0 Å². The number of hydrogen-bond acceptors (Lipinski definition) is 6. The fourth-order valence-corrected chi connectivity index (χ4v) is 4.46. The lowest BCUT2D eigenvalue weighted by Crippen LogP contribution is -2.34. The highest BCUT2D eigenvalue weighted by atomic mass is 19.1. The average Bonchev–Trinajstić information content (AvgIpc) is 2.87. The van der Waals surface area contributed by atoms with Crippen LogP contribution in [0.15, 0.2) is 48.5 Å². The molecule has 0 aliphatic rings. The molecule has 232 valence electrons. The smallest absolute Gasteiger partial charge is 0.307 e. The van der Waals surface area contributed by atoms with Crippen LogP contribution >= 0.6 is 0 Å². The second kappa shape index (κ2) is 18.1. The lowest BCUT2D eigenvalue weighted by molar-refractivity contribution is -0.144. The summed E-state index contributed by atoms with van der Waals surface area (Å²) in [6, 6.07) is 10.2. The van der Waals surface area contributed by atoms with Crippen LogP contribution in [0.5, 0.6) is 0 Å². The Balaban J connectivity index is 0.000000420. The molecule has 2 aromatic carbocycles. The molecule has 0 amide bonds. The van der Waals surface area contributed by atoms with E-state index in [0.29, 0.717) is 24.0 Å². The summed E-state index contributed by atoms with van der Waals surface area (Å²) in [5.74, 6) is -4.69. The quantitative estimate of drug-likeness (QED) is 0.217. The molecule has 0 heterocycles. The fraction of sp³-hybridized carbons (Fsp3) is 0.500. The van der Waals surface area contributed by atoms with Crippen LogP contribution in [0.4, 0.5) is 8.78 Å². The van der Waals surface area contributed by atoms with Gasteiger partial charge in [0, 0.05) is 12.8 Å². The van der Waals surface area contributed by atoms with Gasteiger partial charge < -0.3 is 21.7 Å². The van der Waals surface area contributed by atoms with Crippen LogP contribution in [0.1, 0.15) is 64.5 Å². The van der Waals surface area contributed by atoms with Crippen LogP contribution in [-0.2, 0) is 32.0 Å². The van der Waals surface area contributed by atoms with Gasteiger partial charge in [-0.05, 0) is 72.9 Å². The molecule has 0 bridgehead atoms. The molecule has 0 aliphatic heterocycles. The number of ketones is 2. The largest absolute Gasteiger partial charge is 0.481 e. The van der Waals surface area contributed by atoms with Gasteiger partial charge in [-0.2, -0.15) is 0 Å². The first kappa shape index (κ1) is 36.5. The summed E-state index contributed by atoms with van der Waals surface area (Å²) in [6.45, 7) is 7.81. The van der Waals surface area contributed by atoms with E-state index in [4.69, 9.17) is 11.5 Å². The molecule has 0 radical (unpaired) electrons. The van der Waals surface area contributed by atoms with Gasteiger partial charge in [0.15, 0.2) is 0 Å². The molecular weight excluding hydrogens is 546 g/mol. The third-order valence-corrected chi connectivity index (χ3v) is 6.61. The molecule has 2 aromatic rings. The minimum absolute atomic E-state index is 0.118. The number of benzene rings is 2. The first-order valence-electron chi connectivity index (χ1n) is 14.1. The van der Waals surface area contributed by atoms with E-state index in [-0.39, 0.29) is 49.1 Å². The zero-order valence-corrected chi connectivity index (χ0v) is 24.8. The van der Waals surface area contributed by atoms with Crippen molar-refractivity contribution < 1.29 is 38.2 Å². The second-order valence-corrected chi connectivity index (χ2v) is 11.6. The number of Topliss-reactive ketones (excluding diaryl/α,β-unsaturated/α-hetero) is 2. The first-order valence-corrected chi connectivity index (χ1v) is 14.1. The molecule has 0 aromatic heterocycles. The first-order chi connectivity index (χ1) is 19.6. The standard InChI is InChI=1S/2C16H22FNO3/c2*1-10(2)6-14(18)15(19)9-12(16(20)21)7-11-4-3-5-13(17)8-11/h2*3-5,8,10,12,14H,6-7,9,18H2,1-2H3,(H,20,21)/t12-,14+;12-,14-/m10/s1. The van der Waals surface area contributed by atoms with E-state index in [0.717, 1.165) is 0 Å². The molecule has 2 rings (SSSR count). The summed E-state index contributed by atoms with van der Waals surface area (Å²) in [4.78, 5) is 46.5. The van der Waals surface area contributed by atoms with Gasteiger partial charge in [0.2, 0.25) is 0 Å². The highest BCUT2D eigenvalue weighted by Crippen LogP contribution is 2.18. The second-order valence-electron chi connectivity index (χ2n) is 11.6. The van der Waals surface area contributed by atoms with E-state index < -0.39 is 47.5 Å². The van der Waals surface area contributed by atoms with Crippen molar-refractivity contribution in [1.29, 1.82) is 0 Å². The Labute approximate surface area is 246 Å². The van der Waals surface area contributed by atoms with Crippen molar-refractivity contribution in [3.05, 3.63) is 71.3 Å². The number of carbonyl (C=O) groups is 4. The Morgan fingerprint density at radius 2 is 1.00 bits per heavy atom. The SMILES string of the molecule is CC(C)C[C@H](N)C(=O)C[C@@H](Cc1cccc(F)c1)C(=O)O.CC(C)C[C@H](N)C(=O)C[C@H](Cc1cccc(F)c1)C(=O)O. The Morgan fingerprint density at radius 1 is 0.667 bits per heavy atom. The Bertz CT molecular complexity index is 1100. The van der Waals surface area contributed by atoms with Crippen LogP contribution in [0, 0.1) is 35.3 Å². The van der Waals surface area contributed by atoms with Gasteiger partial charge in [-0.25, -0.2) is 8.78 Å². The van der Waals surface area contributed by atoms with Crippen molar-refractivity contribution in [1.82, 2.24) is 0 Å². The molecule has 4 atom stereocenters. The van der Waals surface area contributed by atoms with Crippen molar-refractivity contribution in [3.63, 3.8) is 0 Å². The highest BCUT2D eigenvalue weighted by molar-refractivity contribution is 5.88. The zero-order chi connectivity index (χ0) is 32.0. The van der Waals surface area contributed by atoms with Gasteiger partial charge in [-0.1, -0.05) is 52.0 Å². The van der Waals surface area contributed by atoms with Gasteiger partial charge in [-0.3, -0.25) is 19.2 Å². The zero-order valence-electron chi connectivity index (χ0n) is 24.8. The number of halogens is 2. The maximum Gasteiger partial charge on any atom is 0.307 e. The molecule has 0 unspecified atom stereocenters. The van der Waals surface area contributed by atoms with Crippen LogP contribution in [0.2, 0.25) is 0 Å². The Kier molecular flexibility index (Phi) is 15.8. The number of aliphatic carboxylic acids is 2. The third kappa shape index (κ3) is 14.4. The summed E-state index contributed by atoms with van der Waals surface area (Å²) >= 11 is 0. The van der Waals surface area contributed by atoms with Crippen LogP contribution in [0.25, 0.3) is 0 Å². The van der Waals surface area contributed by atoms with Crippen molar-refractivity contribution in [2.45, 2.75) is 78.3 Å². The van der Waals surface area contributed by atoms with Gasteiger partial charge in [0.05, 0.1) is 23.9 Å². The molecule has 6 N–H and O–H groups in total. The monoisotopic (exact) mass is 590 g/mol. The summed E-state index contributed by atoms with van der Waals surface area (Å²) in [7, 11) is 0. The van der Waals surface area contributed by atoms with Gasteiger partial charge in [0.25, 0.3) is 0 Å². The van der Waals surface area contributed by atoms with Gasteiger partial charge in [-0.15, -0.1) is 0 Å². The number of carboxylic acids is 2. The predicted octanol–water partition coefficient (Wildman–Crippen LogP) is 4.80. The average molecular weight is 591 g/mol. The van der Waals surface area contributed by atoms with Crippen LogP contribution in [-0.4, -0.2) is 45.8 Å². The van der Waals surface area contributed by atoms with Gasteiger partial charge >= 0.3 is 11.9 Å². The Hall–Kier alpha value is -3.50. The number of nitrogens with two attached hydrogens (primary N) is 2. The Morgan fingerprint density at radius 3 is 1.26 bits per heavy atom. The van der Waals surface area contributed by atoms with Crippen molar-refractivity contribution in [2.75, 3.05) is 0 Å². The number of carboxylic acid groups (broad SMARTS) is 2. The highest BCUT2D eigenvalue weighted by Gasteiger charge is 2.26. The van der Waals surface area contributed by atoms with E-state index in [1.54, 1.807) is 12.1 Å². The maximum absolute atomic E-state index is 13.1. The van der Waals surface area contributed by atoms with Crippen LogP contribution < -0.4 is 11.5 Å². The van der Waals surface area contributed by atoms with Crippen molar-refractivity contribution in [2.24, 2.45) is 35.1 Å². The lowest BCUT2D eigenvalue weighted by Gasteiger charge is -2.16. The fourth-order valence-electron chi connectivity index (χ4n) is 4.46. The number of carbonyl (C=O) groups excluding carboxylic acids is 2. The normalized spacial score (nSPS) is 14.0. The number of rotatable bonds is 16. The minimum atomic E-state index is -1.07. The summed E-state index contributed by atoms with van der Waals surface area (Å²) in [6.07, 6.45) is 1.05. The van der Waals surface area contributed by atoms with E-state index in [2.05, 4.69) is 0 Å². The van der Waals surface area contributed by atoms with Crippen LogP contribution in [0.3, 0.4) is 0 Å². The maximum atomic E-state index is 13.1. The molecule has 42 heavy (non-hydrogen) atoms. The molecule has 0 spiro atoms. The topological polar surface area (TPSA) is 161 Å². The molecular formula is C32H44F2N2O6. The van der Waals surface area contributed by atoms with E-state index in [9.17, 15) is 38.2 Å². The molecule has 0 saturated carbocycles. The molecule has 0 saturated heterocycles. The van der Waals surface area contributed by atoms with E-state index in [1.807, 2.05) is 27.7 Å².